The number of anilines is 1. The van der Waals surface area contributed by atoms with Gasteiger partial charge in [0.25, 0.3) is 0 Å². The number of nitrogens with zero attached hydrogens (tertiary/aromatic N) is 1. The Morgan fingerprint density at radius 3 is 2.36 bits per heavy atom. The number of methoxy groups -OCH3 is 1. The molecular weight excluding hydrogens is 365 g/mol. The third-order valence-electron chi connectivity index (χ3n) is 4.89. The number of para-hydroxylation sites is 1. The molecule has 2 rings (SSSR count). The van der Waals surface area contributed by atoms with E-state index in [1.54, 1.807) is 7.11 Å². The molecule has 2 aromatic carbocycles. The zero-order chi connectivity index (χ0) is 20.9. The highest BCUT2D eigenvalue weighted by atomic mass is 31.1. The lowest BCUT2D eigenvalue weighted by Crippen LogP contribution is -2.18. The monoisotopic (exact) mass is 401 g/mol. The highest BCUT2D eigenvalue weighted by molar-refractivity contribution is 7.48. The fourth-order valence-corrected chi connectivity index (χ4v) is 5.07. The second-order valence-electron chi connectivity index (χ2n) is 8.55. The average molecular weight is 402 g/mol. The molecule has 4 heteroatoms. The van der Waals surface area contributed by atoms with Gasteiger partial charge < -0.3 is 14.4 Å². The number of aryl methyl sites for hydroxylation is 1. The Balaban J connectivity index is 2.55. The van der Waals surface area contributed by atoms with Gasteiger partial charge in [0.1, 0.15) is 5.75 Å². The van der Waals surface area contributed by atoms with Gasteiger partial charge in [0, 0.05) is 43.7 Å². The van der Waals surface area contributed by atoms with Crippen molar-refractivity contribution in [2.24, 2.45) is 0 Å². The lowest BCUT2D eigenvalue weighted by Gasteiger charge is -2.29. The summed E-state index contributed by atoms with van der Waals surface area (Å²) in [5.41, 5.74) is 5.55. The van der Waals surface area contributed by atoms with E-state index in [1.807, 2.05) is 0 Å². The molecule has 0 N–H and O–H groups in total. The number of ether oxygens (including phenoxy) is 2. The van der Waals surface area contributed by atoms with E-state index < -0.39 is 0 Å². The number of hydrogen-bond donors (Lipinski definition) is 0. The lowest BCUT2D eigenvalue weighted by molar-refractivity contribution is 0.0490. The van der Waals surface area contributed by atoms with E-state index in [0.717, 1.165) is 12.2 Å². The van der Waals surface area contributed by atoms with Gasteiger partial charge in [-0.3, -0.25) is 0 Å². The van der Waals surface area contributed by atoms with Gasteiger partial charge in [0.05, 0.1) is 0 Å². The minimum absolute atomic E-state index is 0.00674. The summed E-state index contributed by atoms with van der Waals surface area (Å²) in [6.45, 7) is 11.5. The number of benzene rings is 2. The molecule has 3 nitrogen and oxygen atoms in total. The van der Waals surface area contributed by atoms with E-state index in [1.165, 1.54) is 27.7 Å². The van der Waals surface area contributed by atoms with Crippen LogP contribution in [0, 0.1) is 6.92 Å². The molecule has 0 bridgehead atoms. The standard InChI is InChI=1S/C24H36NO2P/c1-9-21(28-22-13-11-10-12-20(22)25(6)7)18-14-17(2)15-19(24(3,4)5)23(18)27-16-26-8/h10-15,21,28H,9,16H2,1-8H3. The maximum absolute atomic E-state index is 6.17. The van der Waals surface area contributed by atoms with Crippen molar-refractivity contribution in [1.82, 2.24) is 0 Å². The molecule has 0 fully saturated rings. The molecule has 0 saturated heterocycles. The van der Waals surface area contributed by atoms with Crippen LogP contribution in [0.4, 0.5) is 5.69 Å². The third-order valence-corrected chi connectivity index (χ3v) is 6.69. The minimum atomic E-state index is 0.00674. The summed E-state index contributed by atoms with van der Waals surface area (Å²) in [4.78, 5) is 2.20. The zero-order valence-corrected chi connectivity index (χ0v) is 19.7. The molecule has 2 atom stereocenters. The van der Waals surface area contributed by atoms with Crippen molar-refractivity contribution in [3.05, 3.63) is 53.1 Å². The van der Waals surface area contributed by atoms with E-state index in [0.29, 0.717) is 14.2 Å². The molecule has 2 unspecified atom stereocenters. The van der Waals surface area contributed by atoms with Gasteiger partial charge in [0.15, 0.2) is 6.79 Å². The summed E-state index contributed by atoms with van der Waals surface area (Å²) in [5.74, 6) is 1.00. The molecule has 0 aromatic heterocycles. The van der Waals surface area contributed by atoms with Gasteiger partial charge in [0.2, 0.25) is 0 Å². The predicted octanol–water partition coefficient (Wildman–Crippen LogP) is 5.80. The first-order valence-corrected chi connectivity index (χ1v) is 11.1. The Kier molecular flexibility index (Phi) is 7.92. The van der Waals surface area contributed by atoms with Crippen molar-refractivity contribution in [3.8, 4) is 5.75 Å². The zero-order valence-electron chi connectivity index (χ0n) is 18.7. The summed E-state index contributed by atoms with van der Waals surface area (Å²) in [5, 5.41) is 1.40. The topological polar surface area (TPSA) is 21.7 Å². The normalized spacial score (nSPS) is 13.1. The van der Waals surface area contributed by atoms with E-state index in [-0.39, 0.29) is 12.2 Å². The molecule has 0 spiro atoms. The fraction of sp³-hybridized carbons (Fsp3) is 0.500. The quantitative estimate of drug-likeness (QED) is 0.412. The van der Waals surface area contributed by atoms with E-state index in [2.05, 4.69) is 90.0 Å². The maximum atomic E-state index is 6.17. The smallest absolute Gasteiger partial charge is 0.188 e. The molecule has 0 aliphatic carbocycles. The van der Waals surface area contributed by atoms with Gasteiger partial charge >= 0.3 is 0 Å². The van der Waals surface area contributed by atoms with Crippen molar-refractivity contribution >= 4 is 19.6 Å². The SMILES string of the molecule is CCC(Pc1ccccc1N(C)C)c1cc(C)cc(C(C)(C)C)c1OCOC. The summed E-state index contributed by atoms with van der Waals surface area (Å²) in [6, 6.07) is 13.3. The molecular formula is C24H36NO2P. The Morgan fingerprint density at radius 2 is 1.79 bits per heavy atom. The molecule has 154 valence electrons. The van der Waals surface area contributed by atoms with Gasteiger partial charge in [-0.05, 0) is 30.1 Å². The van der Waals surface area contributed by atoms with E-state index >= 15 is 0 Å². The molecule has 0 aliphatic heterocycles. The van der Waals surface area contributed by atoms with Crippen LogP contribution in [-0.2, 0) is 10.2 Å². The highest BCUT2D eigenvalue weighted by Gasteiger charge is 2.26. The first-order valence-electron chi connectivity index (χ1n) is 9.98. The first kappa shape index (κ1) is 22.7. The third kappa shape index (κ3) is 5.49. The van der Waals surface area contributed by atoms with Gasteiger partial charge in [-0.2, -0.15) is 0 Å². The van der Waals surface area contributed by atoms with Gasteiger partial charge in [-0.25, -0.2) is 0 Å². The largest absolute Gasteiger partial charge is 0.467 e. The Bertz CT molecular complexity index is 781. The number of hydrogen-bond acceptors (Lipinski definition) is 3. The molecule has 0 aliphatic rings. The molecule has 0 radical (unpaired) electrons. The molecule has 0 saturated carbocycles. The van der Waals surface area contributed by atoms with Crippen molar-refractivity contribution in [2.75, 3.05) is 32.9 Å². The van der Waals surface area contributed by atoms with Gasteiger partial charge in [-0.15, -0.1) is 0 Å². The van der Waals surface area contributed by atoms with E-state index in [9.17, 15) is 0 Å². The molecule has 0 heterocycles. The van der Waals surface area contributed by atoms with Crippen LogP contribution in [-0.4, -0.2) is 28.0 Å². The summed E-state index contributed by atoms with van der Waals surface area (Å²) < 4.78 is 11.4. The van der Waals surface area contributed by atoms with Crippen molar-refractivity contribution in [1.29, 1.82) is 0 Å². The minimum Gasteiger partial charge on any atom is -0.467 e. The average Bonchev–Trinajstić information content (AvgIpc) is 2.64. The van der Waals surface area contributed by atoms with Crippen LogP contribution in [0.25, 0.3) is 0 Å². The summed E-state index contributed by atoms with van der Waals surface area (Å²) >= 11 is 0. The second kappa shape index (κ2) is 9.76. The van der Waals surface area contributed by atoms with Crippen molar-refractivity contribution in [2.45, 2.75) is 52.1 Å². The predicted molar refractivity (Wildman–Crippen MR) is 124 cm³/mol. The molecule has 2 aromatic rings. The van der Waals surface area contributed by atoms with E-state index in [4.69, 9.17) is 9.47 Å². The highest BCUT2D eigenvalue weighted by Crippen LogP contribution is 2.46. The van der Waals surface area contributed by atoms with Crippen molar-refractivity contribution < 1.29 is 9.47 Å². The van der Waals surface area contributed by atoms with Crippen LogP contribution in [0.15, 0.2) is 36.4 Å². The molecule has 0 amide bonds. The van der Waals surface area contributed by atoms with Gasteiger partial charge in [-0.1, -0.05) is 72.2 Å². The first-order chi connectivity index (χ1) is 13.2. The number of rotatable bonds is 8. The molecule has 28 heavy (non-hydrogen) atoms. The second-order valence-corrected chi connectivity index (χ2v) is 10.1. The van der Waals surface area contributed by atoms with Crippen LogP contribution in [0.2, 0.25) is 0 Å². The van der Waals surface area contributed by atoms with Crippen LogP contribution in [0.5, 0.6) is 5.75 Å². The van der Waals surface area contributed by atoms with Crippen LogP contribution in [0.3, 0.4) is 0 Å². The Morgan fingerprint density at radius 1 is 1.11 bits per heavy atom. The Hall–Kier alpha value is -1.57. The summed E-state index contributed by atoms with van der Waals surface area (Å²) in [7, 11) is 6.58. The fourth-order valence-electron chi connectivity index (χ4n) is 3.47. The van der Waals surface area contributed by atoms with Crippen LogP contribution >= 0.6 is 8.58 Å². The lowest BCUT2D eigenvalue weighted by atomic mass is 9.83. The maximum Gasteiger partial charge on any atom is 0.188 e. The summed E-state index contributed by atoms with van der Waals surface area (Å²) in [6.07, 6.45) is 1.07. The van der Waals surface area contributed by atoms with Crippen LogP contribution in [0.1, 0.15) is 56.5 Å². The Labute approximate surface area is 173 Å². The van der Waals surface area contributed by atoms with Crippen molar-refractivity contribution in [3.63, 3.8) is 0 Å². The van der Waals surface area contributed by atoms with Crippen LogP contribution < -0.4 is 14.9 Å².